The number of fused-ring (bicyclic) bond motifs is 2. The molecule has 0 saturated carbocycles. The number of aromatic hydroxyl groups is 2. The molecule has 0 radical (unpaired) electrons. The largest absolute Gasteiger partial charge is 0.507 e. The van der Waals surface area contributed by atoms with E-state index in [0.717, 1.165) is 0 Å². The third-order valence-electron chi connectivity index (χ3n) is 8.96. The second-order valence-corrected chi connectivity index (χ2v) is 17.9. The van der Waals surface area contributed by atoms with Crippen LogP contribution in [0.3, 0.4) is 0 Å². The molecule has 6 rings (SSSR count). The van der Waals surface area contributed by atoms with Crippen molar-refractivity contribution in [2.75, 3.05) is 11.5 Å². The lowest BCUT2D eigenvalue weighted by atomic mass is 9.91. The number of benzene rings is 6. The monoisotopic (exact) mass is 816 g/mol. The molecule has 0 heterocycles. The molecule has 0 aliphatic heterocycles. The van der Waals surface area contributed by atoms with Gasteiger partial charge in [0.15, 0.2) is 0 Å². The Bertz CT molecular complexity index is 2900. The number of hydrogen-bond donors (Lipinski definition) is 8. The van der Waals surface area contributed by atoms with Crippen LogP contribution in [0, 0.1) is 13.8 Å². The third-order valence-corrected chi connectivity index (χ3v) is 12.5. The lowest BCUT2D eigenvalue weighted by molar-refractivity contribution is 0.476. The van der Waals surface area contributed by atoms with Crippen molar-refractivity contribution in [2.45, 2.75) is 33.4 Å². The van der Waals surface area contributed by atoms with Crippen molar-refractivity contribution in [1.29, 1.82) is 0 Å². The predicted octanol–water partition coefficient (Wildman–Crippen LogP) is 5.17. The summed E-state index contributed by atoms with van der Waals surface area (Å²) in [5, 5.41) is 21.2. The maximum Gasteiger partial charge on any atom is 0.296 e. The van der Waals surface area contributed by atoms with E-state index >= 15 is 0 Å². The Morgan fingerprint density at radius 2 is 0.722 bits per heavy atom. The molecule has 16 nitrogen and oxygen atoms in total. The number of nitrogen functional groups attached to an aromatic ring is 2. The van der Waals surface area contributed by atoms with Crippen molar-refractivity contribution < 1.29 is 62.1 Å². The van der Waals surface area contributed by atoms with Gasteiger partial charge in [-0.2, -0.15) is 33.7 Å². The summed E-state index contributed by atoms with van der Waals surface area (Å²) >= 11 is 0. The predicted molar refractivity (Wildman–Crippen MR) is 199 cm³/mol. The van der Waals surface area contributed by atoms with Gasteiger partial charge in [-0.1, -0.05) is 48.5 Å². The molecule has 0 saturated heterocycles. The van der Waals surface area contributed by atoms with Gasteiger partial charge in [-0.25, -0.2) is 0 Å². The van der Waals surface area contributed by atoms with E-state index in [1.165, 1.54) is 24.3 Å². The number of anilines is 2. The normalized spacial score (nSPS) is 12.8. The molecule has 0 atom stereocenters. The molecule has 0 aromatic heterocycles. The van der Waals surface area contributed by atoms with Gasteiger partial charge >= 0.3 is 0 Å². The molecule has 0 spiro atoms. The molecule has 282 valence electrons. The molecule has 0 aliphatic rings. The minimum absolute atomic E-state index is 0.110. The van der Waals surface area contributed by atoms with Crippen LogP contribution in [0.25, 0.3) is 54.9 Å². The van der Waals surface area contributed by atoms with Gasteiger partial charge in [0.05, 0.1) is 11.4 Å². The molecule has 0 fully saturated rings. The number of phenols is 2. The highest BCUT2D eigenvalue weighted by molar-refractivity contribution is 7.87. The highest BCUT2D eigenvalue weighted by Crippen LogP contribution is 2.46. The van der Waals surface area contributed by atoms with E-state index in [0.29, 0.717) is 45.5 Å². The van der Waals surface area contributed by atoms with Crippen LogP contribution in [-0.2, 0) is 40.5 Å². The van der Waals surface area contributed by atoms with Crippen LogP contribution in [0.5, 0.6) is 11.5 Å². The summed E-state index contributed by atoms with van der Waals surface area (Å²) in [5.41, 5.74) is 14.2. The van der Waals surface area contributed by atoms with Crippen LogP contribution in [0.4, 0.5) is 11.4 Å². The van der Waals surface area contributed by atoms with Gasteiger partial charge in [-0.05, 0) is 71.5 Å². The van der Waals surface area contributed by atoms with E-state index in [4.69, 9.17) is 11.5 Å². The first kappa shape index (κ1) is 38.4. The van der Waals surface area contributed by atoms with E-state index in [1.807, 2.05) is 0 Å². The molecule has 20 heteroatoms. The molecular formula is C34H28N2O14S4. The van der Waals surface area contributed by atoms with Gasteiger partial charge < -0.3 is 21.7 Å². The molecule has 0 bridgehead atoms. The van der Waals surface area contributed by atoms with Gasteiger partial charge in [0, 0.05) is 32.7 Å². The number of nitrogens with two attached hydrogens (primary N) is 2. The maximum absolute atomic E-state index is 12.1. The van der Waals surface area contributed by atoms with Crippen LogP contribution < -0.4 is 11.5 Å². The van der Waals surface area contributed by atoms with Crippen LogP contribution in [-0.4, -0.2) is 62.1 Å². The molecular weight excluding hydrogens is 789 g/mol. The van der Waals surface area contributed by atoms with E-state index in [-0.39, 0.29) is 21.9 Å². The SMILES string of the molecule is Cc1cc(-c2ccc(-c3ccc4c(S(=O)(=O)O)cc(S(=O)(=O)O)c(N)c4c3O)c(C)c2)ccc1-c1ccc2c(S(=O)(=O)O)cc(S(=O)(=O)O)c(N)c2c1O. The Balaban J connectivity index is 1.46. The fourth-order valence-corrected chi connectivity index (χ4v) is 9.39. The first-order valence-electron chi connectivity index (χ1n) is 15.1. The second-order valence-electron chi connectivity index (χ2n) is 12.3. The van der Waals surface area contributed by atoms with Crippen LogP contribution in [0.15, 0.2) is 92.4 Å². The minimum atomic E-state index is -5.09. The Labute approximate surface area is 307 Å². The van der Waals surface area contributed by atoms with Gasteiger partial charge in [0.2, 0.25) is 0 Å². The Kier molecular flexibility index (Phi) is 8.99. The van der Waals surface area contributed by atoms with Crippen molar-refractivity contribution in [3.8, 4) is 44.9 Å². The van der Waals surface area contributed by atoms with Crippen LogP contribution >= 0.6 is 0 Å². The smallest absolute Gasteiger partial charge is 0.296 e. The highest BCUT2D eigenvalue weighted by Gasteiger charge is 2.29. The fraction of sp³-hybridized carbons (Fsp3) is 0.0588. The average Bonchev–Trinajstić information content (AvgIpc) is 3.03. The molecule has 54 heavy (non-hydrogen) atoms. The summed E-state index contributed by atoms with van der Waals surface area (Å²) in [7, 11) is -20.3. The number of rotatable bonds is 7. The lowest BCUT2D eigenvalue weighted by Gasteiger charge is -2.17. The van der Waals surface area contributed by atoms with Gasteiger partial charge in [-0.3, -0.25) is 18.2 Å². The second kappa shape index (κ2) is 12.6. The number of hydrogen-bond acceptors (Lipinski definition) is 12. The van der Waals surface area contributed by atoms with Gasteiger partial charge in [0.25, 0.3) is 40.5 Å². The maximum atomic E-state index is 12.1. The Morgan fingerprint density at radius 3 is 1.00 bits per heavy atom. The third kappa shape index (κ3) is 6.47. The average molecular weight is 817 g/mol. The fourth-order valence-electron chi connectivity index (χ4n) is 6.51. The zero-order chi connectivity index (χ0) is 40.0. The van der Waals surface area contributed by atoms with Crippen LogP contribution in [0.2, 0.25) is 0 Å². The summed E-state index contributed by atoms with van der Waals surface area (Å²) in [6.07, 6.45) is 0. The zero-order valence-corrected chi connectivity index (χ0v) is 30.9. The summed E-state index contributed by atoms with van der Waals surface area (Å²) in [6.45, 7) is 3.40. The van der Waals surface area contributed by atoms with Gasteiger partial charge in [-0.15, -0.1) is 0 Å². The molecule has 0 amide bonds. The van der Waals surface area contributed by atoms with E-state index < -0.39 is 93.7 Å². The number of phenolic OH excluding ortho intramolecular Hbond substituents is 2. The minimum Gasteiger partial charge on any atom is -0.507 e. The van der Waals surface area contributed by atoms with E-state index in [9.17, 15) is 62.1 Å². The summed E-state index contributed by atoms with van der Waals surface area (Å²) in [5.74, 6) is -1.25. The van der Waals surface area contributed by atoms with E-state index in [1.54, 1.807) is 50.2 Å². The Hall–Kier alpha value is -5.32. The topological polar surface area (TPSA) is 310 Å². The van der Waals surface area contributed by atoms with Crippen molar-refractivity contribution >= 4 is 73.4 Å². The van der Waals surface area contributed by atoms with Crippen molar-refractivity contribution in [3.05, 3.63) is 83.9 Å². The lowest BCUT2D eigenvalue weighted by Crippen LogP contribution is -2.08. The van der Waals surface area contributed by atoms with Crippen molar-refractivity contribution in [3.63, 3.8) is 0 Å². The van der Waals surface area contributed by atoms with Crippen molar-refractivity contribution in [2.24, 2.45) is 0 Å². The van der Waals surface area contributed by atoms with E-state index in [2.05, 4.69) is 0 Å². The van der Waals surface area contributed by atoms with Crippen LogP contribution in [0.1, 0.15) is 11.1 Å². The van der Waals surface area contributed by atoms with Gasteiger partial charge in [0.1, 0.15) is 31.1 Å². The summed E-state index contributed by atoms with van der Waals surface area (Å²) < 4.78 is 135. The number of aryl methyl sites for hydroxylation is 2. The summed E-state index contributed by atoms with van der Waals surface area (Å²) in [6, 6.07) is 16.2. The molecule has 6 aromatic rings. The molecule has 0 aliphatic carbocycles. The Morgan fingerprint density at radius 1 is 0.426 bits per heavy atom. The standard InChI is InChI=1S/C34H28N2O14S4/c1-15-11-17(3-5-19(15)21-7-9-23-25(51(39,40)41)13-27(53(45,46)47)31(35)29(23)33(21)37)18-4-6-20(16(2)12-18)22-8-10-24-26(52(42,43)44)14-28(54(48,49)50)32(36)30(24)34(22)38/h3-14,37-38H,35-36H2,1-2H3,(H,39,40,41)(H,42,43,44)(H,45,46,47)(H,48,49,50). The highest BCUT2D eigenvalue weighted by atomic mass is 32.2. The zero-order valence-electron chi connectivity index (χ0n) is 27.7. The molecule has 10 N–H and O–H groups in total. The first-order chi connectivity index (χ1) is 24.8. The molecule has 6 aromatic carbocycles. The summed E-state index contributed by atoms with van der Waals surface area (Å²) in [4.78, 5) is -3.88. The molecule has 0 unspecified atom stereocenters. The van der Waals surface area contributed by atoms with Crippen molar-refractivity contribution in [1.82, 2.24) is 0 Å². The quantitative estimate of drug-likeness (QED) is 0.0761. The first-order valence-corrected chi connectivity index (χ1v) is 20.9.